The van der Waals surface area contributed by atoms with Gasteiger partial charge in [0.1, 0.15) is 17.8 Å². The number of nitrogens with one attached hydrogen (secondary N) is 1. The molecule has 1 atom stereocenters. The van der Waals surface area contributed by atoms with E-state index in [-0.39, 0.29) is 11.9 Å². The predicted octanol–water partition coefficient (Wildman–Crippen LogP) is 2.09. The largest absolute Gasteiger partial charge is 0.494 e. The molecule has 0 radical (unpaired) electrons. The van der Waals surface area contributed by atoms with Gasteiger partial charge in [0.2, 0.25) is 0 Å². The van der Waals surface area contributed by atoms with Crippen LogP contribution in [0.2, 0.25) is 0 Å². The Kier molecular flexibility index (Phi) is 4.85. The fourth-order valence-corrected chi connectivity index (χ4v) is 3.21. The topological polar surface area (TPSA) is 81.9 Å². The maximum Gasteiger partial charge on any atom is 0.251 e. The number of methoxy groups -OCH3 is 1. The van der Waals surface area contributed by atoms with Crippen molar-refractivity contribution < 1.29 is 9.53 Å². The highest BCUT2D eigenvalue weighted by molar-refractivity contribution is 7.09. The lowest BCUT2D eigenvalue weighted by molar-refractivity contribution is 0.0940. The van der Waals surface area contributed by atoms with Gasteiger partial charge in [-0.2, -0.15) is 4.68 Å². The summed E-state index contributed by atoms with van der Waals surface area (Å²) in [7, 11) is 1.56. The highest BCUT2D eigenvalue weighted by atomic mass is 32.1. The van der Waals surface area contributed by atoms with Crippen molar-refractivity contribution in [3.8, 4) is 11.4 Å². The summed E-state index contributed by atoms with van der Waals surface area (Å²) in [5, 5.41) is 16.1. The lowest BCUT2D eigenvalue weighted by atomic mass is 10.1. The van der Waals surface area contributed by atoms with E-state index in [1.54, 1.807) is 36.6 Å². The molecule has 0 spiro atoms. The molecule has 8 heteroatoms. The van der Waals surface area contributed by atoms with Gasteiger partial charge in [0.25, 0.3) is 5.91 Å². The summed E-state index contributed by atoms with van der Waals surface area (Å²) in [6.45, 7) is 1.99. The summed E-state index contributed by atoms with van der Waals surface area (Å²) >= 11 is 1.69. The highest BCUT2D eigenvalue weighted by Crippen LogP contribution is 2.23. The third kappa shape index (κ3) is 3.60. The van der Waals surface area contributed by atoms with Gasteiger partial charge in [-0.05, 0) is 47.0 Å². The Morgan fingerprint density at radius 2 is 2.29 bits per heavy atom. The standard InChI is InChI=1S/C16H17N5O2S/c1-11(8-13-4-3-7-24-13)18-16(22)12-5-6-15(23-2)14(9-12)21-10-17-19-20-21/h3-7,9-11H,8H2,1-2H3,(H,18,22)/t11-/m0/s1. The third-order valence-corrected chi connectivity index (χ3v) is 4.40. The molecule has 0 aliphatic carbocycles. The zero-order valence-electron chi connectivity index (χ0n) is 13.3. The van der Waals surface area contributed by atoms with Crippen molar-refractivity contribution in [2.45, 2.75) is 19.4 Å². The third-order valence-electron chi connectivity index (χ3n) is 3.50. The molecular formula is C16H17N5O2S. The molecule has 2 aromatic heterocycles. The number of aromatic nitrogens is 4. The summed E-state index contributed by atoms with van der Waals surface area (Å²) in [4.78, 5) is 13.7. The molecule has 2 heterocycles. The van der Waals surface area contributed by atoms with Crippen molar-refractivity contribution in [1.29, 1.82) is 0 Å². The van der Waals surface area contributed by atoms with Gasteiger partial charge >= 0.3 is 0 Å². The Balaban J connectivity index is 1.76. The number of hydrogen-bond donors (Lipinski definition) is 1. The number of benzene rings is 1. The van der Waals surface area contributed by atoms with Crippen LogP contribution in [0.4, 0.5) is 0 Å². The molecule has 0 fully saturated rings. The number of tetrazole rings is 1. The Hall–Kier alpha value is -2.74. The van der Waals surface area contributed by atoms with Crippen LogP contribution in [0.25, 0.3) is 5.69 Å². The molecule has 3 aromatic rings. The molecule has 1 aromatic carbocycles. The molecule has 0 bridgehead atoms. The van der Waals surface area contributed by atoms with E-state index in [1.165, 1.54) is 15.9 Å². The average molecular weight is 343 g/mol. The number of rotatable bonds is 6. The Bertz CT molecular complexity index is 802. The van der Waals surface area contributed by atoms with E-state index in [2.05, 4.69) is 26.9 Å². The first-order valence-corrected chi connectivity index (χ1v) is 8.30. The number of nitrogens with zero attached hydrogens (tertiary/aromatic N) is 4. The predicted molar refractivity (Wildman–Crippen MR) is 90.7 cm³/mol. The van der Waals surface area contributed by atoms with Gasteiger partial charge in [-0.25, -0.2) is 0 Å². The SMILES string of the molecule is COc1ccc(C(=O)N[C@@H](C)Cc2cccs2)cc1-n1cnnn1. The van der Waals surface area contributed by atoms with Crippen LogP contribution in [0.15, 0.2) is 42.0 Å². The smallest absolute Gasteiger partial charge is 0.251 e. The van der Waals surface area contributed by atoms with Crippen molar-refractivity contribution in [3.63, 3.8) is 0 Å². The van der Waals surface area contributed by atoms with Crippen LogP contribution in [-0.2, 0) is 6.42 Å². The zero-order valence-corrected chi connectivity index (χ0v) is 14.2. The van der Waals surface area contributed by atoms with E-state index in [1.807, 2.05) is 18.4 Å². The molecule has 24 heavy (non-hydrogen) atoms. The number of carbonyl (C=O) groups is 1. The van der Waals surface area contributed by atoms with Crippen LogP contribution >= 0.6 is 11.3 Å². The maximum atomic E-state index is 12.5. The van der Waals surface area contributed by atoms with E-state index in [0.29, 0.717) is 17.0 Å². The molecular weight excluding hydrogens is 326 g/mol. The van der Waals surface area contributed by atoms with Crippen molar-refractivity contribution in [3.05, 3.63) is 52.5 Å². The van der Waals surface area contributed by atoms with Crippen LogP contribution in [0.3, 0.4) is 0 Å². The molecule has 3 rings (SSSR count). The van der Waals surface area contributed by atoms with Crippen molar-refractivity contribution >= 4 is 17.2 Å². The second-order valence-corrected chi connectivity index (χ2v) is 6.33. The molecule has 0 aliphatic rings. The van der Waals surface area contributed by atoms with Gasteiger partial charge in [-0.15, -0.1) is 16.4 Å². The van der Waals surface area contributed by atoms with Crippen LogP contribution < -0.4 is 10.1 Å². The fraction of sp³-hybridized carbons (Fsp3) is 0.250. The first kappa shape index (κ1) is 16.1. The van der Waals surface area contributed by atoms with Crippen molar-refractivity contribution in [2.24, 2.45) is 0 Å². The summed E-state index contributed by atoms with van der Waals surface area (Å²) in [6.07, 6.45) is 2.26. The molecule has 0 unspecified atom stereocenters. The molecule has 7 nitrogen and oxygen atoms in total. The summed E-state index contributed by atoms with van der Waals surface area (Å²) in [5.74, 6) is 0.446. The van der Waals surface area contributed by atoms with E-state index in [9.17, 15) is 4.79 Å². The number of amides is 1. The van der Waals surface area contributed by atoms with Gasteiger partial charge < -0.3 is 10.1 Å². The number of thiophene rings is 1. The molecule has 1 N–H and O–H groups in total. The van der Waals surface area contributed by atoms with E-state index >= 15 is 0 Å². The van der Waals surface area contributed by atoms with Gasteiger partial charge in [-0.1, -0.05) is 6.07 Å². The van der Waals surface area contributed by atoms with Crippen LogP contribution in [0.5, 0.6) is 5.75 Å². The number of ether oxygens (including phenoxy) is 1. The number of hydrogen-bond acceptors (Lipinski definition) is 6. The minimum atomic E-state index is -0.143. The average Bonchev–Trinajstić information content (AvgIpc) is 3.27. The van der Waals surface area contributed by atoms with E-state index in [4.69, 9.17) is 4.74 Å². The minimum absolute atomic E-state index is 0.0368. The van der Waals surface area contributed by atoms with Crippen molar-refractivity contribution in [1.82, 2.24) is 25.5 Å². The number of carbonyl (C=O) groups excluding carboxylic acids is 1. The molecule has 0 saturated heterocycles. The zero-order chi connectivity index (χ0) is 16.9. The first-order valence-electron chi connectivity index (χ1n) is 7.42. The van der Waals surface area contributed by atoms with E-state index in [0.717, 1.165) is 6.42 Å². The van der Waals surface area contributed by atoms with Gasteiger partial charge in [0.15, 0.2) is 0 Å². The van der Waals surface area contributed by atoms with Crippen molar-refractivity contribution in [2.75, 3.05) is 7.11 Å². The lowest BCUT2D eigenvalue weighted by Crippen LogP contribution is -2.33. The quantitative estimate of drug-likeness (QED) is 0.741. The molecule has 124 valence electrons. The van der Waals surface area contributed by atoms with Crippen LogP contribution in [0.1, 0.15) is 22.2 Å². The maximum absolute atomic E-state index is 12.5. The second kappa shape index (κ2) is 7.22. The Labute approximate surface area is 143 Å². The van der Waals surface area contributed by atoms with Gasteiger partial charge in [0, 0.05) is 22.9 Å². The second-order valence-electron chi connectivity index (χ2n) is 5.30. The monoisotopic (exact) mass is 343 g/mol. The van der Waals surface area contributed by atoms with Crippen LogP contribution in [0, 0.1) is 0 Å². The molecule has 1 amide bonds. The van der Waals surface area contributed by atoms with Crippen LogP contribution in [-0.4, -0.2) is 39.3 Å². The highest BCUT2D eigenvalue weighted by Gasteiger charge is 2.15. The minimum Gasteiger partial charge on any atom is -0.494 e. The van der Waals surface area contributed by atoms with Gasteiger partial charge in [0.05, 0.1) is 7.11 Å². The summed E-state index contributed by atoms with van der Waals surface area (Å²) in [5.41, 5.74) is 1.14. The first-order chi connectivity index (χ1) is 11.7. The Morgan fingerprint density at radius 1 is 1.42 bits per heavy atom. The fourth-order valence-electron chi connectivity index (χ4n) is 2.37. The van der Waals surface area contributed by atoms with Gasteiger partial charge in [-0.3, -0.25) is 4.79 Å². The normalized spacial score (nSPS) is 11.9. The summed E-state index contributed by atoms with van der Waals surface area (Å²) in [6, 6.07) is 9.28. The molecule has 0 saturated carbocycles. The van der Waals surface area contributed by atoms with E-state index < -0.39 is 0 Å². The Morgan fingerprint density at radius 3 is 2.96 bits per heavy atom. The molecule has 0 aliphatic heterocycles. The summed E-state index contributed by atoms with van der Waals surface area (Å²) < 4.78 is 6.77. The lowest BCUT2D eigenvalue weighted by Gasteiger charge is -2.14.